The van der Waals surface area contributed by atoms with Crippen molar-refractivity contribution in [2.24, 2.45) is 10.9 Å². The molecule has 0 saturated carbocycles. The van der Waals surface area contributed by atoms with Crippen LogP contribution in [0.2, 0.25) is 0 Å². The molecule has 0 bridgehead atoms. The number of hydrogen-bond acceptors (Lipinski definition) is 4. The second-order valence-electron chi connectivity index (χ2n) is 4.10. The molecule has 1 fully saturated rings. The highest BCUT2D eigenvalue weighted by molar-refractivity contribution is 5.84. The number of nitrogens with zero attached hydrogens (tertiary/aromatic N) is 2. The molecule has 2 unspecified atom stereocenters. The number of likely N-dealkylation sites (tertiary alicyclic amines) is 1. The summed E-state index contributed by atoms with van der Waals surface area (Å²) in [5.41, 5.74) is 5.60. The van der Waals surface area contributed by atoms with Crippen LogP contribution in [0.4, 0.5) is 0 Å². The number of piperidine rings is 1. The summed E-state index contributed by atoms with van der Waals surface area (Å²) in [6.07, 6.45) is 4.20. The molecule has 5 heteroatoms. The van der Waals surface area contributed by atoms with E-state index in [4.69, 9.17) is 16.0 Å². The molecular weight excluding hydrogens is 194 g/mol. The summed E-state index contributed by atoms with van der Waals surface area (Å²) in [6, 6.07) is 0.311. The Kier molecular flexibility index (Phi) is 4.84. The molecule has 1 aliphatic heterocycles. The molecule has 4 N–H and O–H groups in total. The molecule has 0 aromatic heterocycles. The normalized spacial score (nSPS) is 26.5. The van der Waals surface area contributed by atoms with Crippen molar-refractivity contribution in [3.05, 3.63) is 0 Å². The van der Waals surface area contributed by atoms with E-state index in [1.807, 2.05) is 6.92 Å². The van der Waals surface area contributed by atoms with Gasteiger partial charge < -0.3 is 16.0 Å². The van der Waals surface area contributed by atoms with E-state index in [-0.39, 0.29) is 18.5 Å². The summed E-state index contributed by atoms with van der Waals surface area (Å²) in [5, 5.41) is 20.7. The van der Waals surface area contributed by atoms with Crippen LogP contribution in [0.1, 0.15) is 32.6 Å². The fourth-order valence-corrected chi connectivity index (χ4v) is 2.25. The van der Waals surface area contributed by atoms with Gasteiger partial charge in [-0.05, 0) is 32.7 Å². The molecule has 5 nitrogen and oxygen atoms in total. The lowest BCUT2D eigenvalue weighted by molar-refractivity contribution is 0.105. The SMILES string of the molecule is CC(C(N)=NO)N1CCCCC1CCO. The van der Waals surface area contributed by atoms with Gasteiger partial charge in [-0.1, -0.05) is 11.6 Å². The highest BCUT2D eigenvalue weighted by atomic mass is 16.4. The lowest BCUT2D eigenvalue weighted by Gasteiger charge is -2.39. The van der Waals surface area contributed by atoms with Crippen molar-refractivity contribution >= 4 is 5.84 Å². The van der Waals surface area contributed by atoms with Gasteiger partial charge in [-0.25, -0.2) is 0 Å². The third-order valence-corrected chi connectivity index (χ3v) is 3.18. The molecule has 0 aromatic rings. The van der Waals surface area contributed by atoms with E-state index in [0.29, 0.717) is 6.04 Å². The third kappa shape index (κ3) is 3.07. The first-order valence-electron chi connectivity index (χ1n) is 5.54. The van der Waals surface area contributed by atoms with Gasteiger partial charge in [0.2, 0.25) is 0 Å². The van der Waals surface area contributed by atoms with Gasteiger partial charge in [-0.2, -0.15) is 0 Å². The molecular formula is C10H21N3O2. The molecule has 15 heavy (non-hydrogen) atoms. The highest BCUT2D eigenvalue weighted by Gasteiger charge is 2.27. The first-order valence-corrected chi connectivity index (χ1v) is 5.54. The Labute approximate surface area is 90.6 Å². The van der Waals surface area contributed by atoms with Crippen molar-refractivity contribution in [3.8, 4) is 0 Å². The average molecular weight is 215 g/mol. The second kappa shape index (κ2) is 5.92. The molecule has 1 rings (SSSR count). The minimum Gasteiger partial charge on any atom is -0.409 e. The van der Waals surface area contributed by atoms with E-state index in [0.717, 1.165) is 25.8 Å². The Morgan fingerprint density at radius 3 is 2.93 bits per heavy atom. The standard InChI is InChI=1S/C10H21N3O2/c1-8(10(11)12-15)13-6-3-2-4-9(13)5-7-14/h8-9,14-15H,2-7H2,1H3,(H2,11,12). The molecule has 0 radical (unpaired) electrons. The van der Waals surface area contributed by atoms with Crippen LogP contribution in [0, 0.1) is 0 Å². The monoisotopic (exact) mass is 215 g/mol. The van der Waals surface area contributed by atoms with Gasteiger partial charge in [-0.3, -0.25) is 4.90 Å². The van der Waals surface area contributed by atoms with Gasteiger partial charge in [0.05, 0.1) is 6.04 Å². The van der Waals surface area contributed by atoms with Gasteiger partial charge in [0, 0.05) is 12.6 Å². The van der Waals surface area contributed by atoms with Gasteiger partial charge in [0.15, 0.2) is 5.84 Å². The van der Waals surface area contributed by atoms with Crippen LogP contribution in [0.5, 0.6) is 0 Å². The summed E-state index contributed by atoms with van der Waals surface area (Å²) >= 11 is 0. The molecule has 0 amide bonds. The summed E-state index contributed by atoms with van der Waals surface area (Å²) in [5.74, 6) is 0.250. The number of amidine groups is 1. The predicted octanol–water partition coefficient (Wildman–Crippen LogP) is 0.358. The third-order valence-electron chi connectivity index (χ3n) is 3.18. The van der Waals surface area contributed by atoms with Crippen molar-refractivity contribution in [1.29, 1.82) is 0 Å². The number of oxime groups is 1. The Morgan fingerprint density at radius 2 is 2.33 bits per heavy atom. The largest absolute Gasteiger partial charge is 0.409 e. The maximum absolute atomic E-state index is 8.98. The fraction of sp³-hybridized carbons (Fsp3) is 0.900. The number of nitrogens with two attached hydrogens (primary N) is 1. The van der Waals surface area contributed by atoms with E-state index >= 15 is 0 Å². The average Bonchev–Trinajstić information content (AvgIpc) is 2.28. The maximum atomic E-state index is 8.98. The van der Waals surface area contributed by atoms with E-state index in [1.165, 1.54) is 6.42 Å². The summed E-state index contributed by atoms with van der Waals surface area (Å²) in [4.78, 5) is 2.22. The van der Waals surface area contributed by atoms with Crippen molar-refractivity contribution in [1.82, 2.24) is 4.90 Å². The molecule has 0 aliphatic carbocycles. The first kappa shape index (κ1) is 12.3. The number of rotatable bonds is 4. The van der Waals surface area contributed by atoms with Crippen molar-refractivity contribution in [2.45, 2.75) is 44.7 Å². The van der Waals surface area contributed by atoms with Crippen LogP contribution < -0.4 is 5.73 Å². The Bertz CT molecular complexity index is 219. The topological polar surface area (TPSA) is 82.1 Å². The van der Waals surface area contributed by atoms with Gasteiger partial charge in [0.25, 0.3) is 0 Å². The van der Waals surface area contributed by atoms with Crippen LogP contribution in [0.25, 0.3) is 0 Å². The predicted molar refractivity (Wildman–Crippen MR) is 58.9 cm³/mol. The zero-order chi connectivity index (χ0) is 11.3. The van der Waals surface area contributed by atoms with E-state index in [1.54, 1.807) is 0 Å². The van der Waals surface area contributed by atoms with Gasteiger partial charge >= 0.3 is 0 Å². The van der Waals surface area contributed by atoms with Crippen molar-refractivity contribution in [2.75, 3.05) is 13.2 Å². The maximum Gasteiger partial charge on any atom is 0.156 e. The Morgan fingerprint density at radius 1 is 1.60 bits per heavy atom. The summed E-state index contributed by atoms with van der Waals surface area (Å²) in [7, 11) is 0. The first-order chi connectivity index (χ1) is 7.20. The van der Waals surface area contributed by atoms with E-state index in [9.17, 15) is 0 Å². The number of hydrogen-bond donors (Lipinski definition) is 3. The molecule has 1 saturated heterocycles. The minimum atomic E-state index is -0.0492. The summed E-state index contributed by atoms with van der Waals surface area (Å²) in [6.45, 7) is 3.09. The molecule has 88 valence electrons. The van der Waals surface area contributed by atoms with Crippen LogP contribution >= 0.6 is 0 Å². The highest BCUT2D eigenvalue weighted by Crippen LogP contribution is 2.21. The quantitative estimate of drug-likeness (QED) is 0.274. The molecule has 1 aliphatic rings. The van der Waals surface area contributed by atoms with E-state index in [2.05, 4.69) is 10.1 Å². The minimum absolute atomic E-state index is 0.0492. The fourth-order valence-electron chi connectivity index (χ4n) is 2.25. The Hall–Kier alpha value is -0.810. The lowest BCUT2D eigenvalue weighted by Crippen LogP contribution is -2.50. The van der Waals surface area contributed by atoms with Crippen LogP contribution in [-0.4, -0.2) is 46.3 Å². The molecule has 2 atom stereocenters. The lowest BCUT2D eigenvalue weighted by atomic mass is 9.97. The second-order valence-corrected chi connectivity index (χ2v) is 4.10. The zero-order valence-corrected chi connectivity index (χ0v) is 9.26. The summed E-state index contributed by atoms with van der Waals surface area (Å²) < 4.78 is 0. The smallest absolute Gasteiger partial charge is 0.156 e. The van der Waals surface area contributed by atoms with Crippen LogP contribution in [0.15, 0.2) is 5.16 Å². The molecule has 1 heterocycles. The number of aliphatic hydroxyl groups excluding tert-OH is 1. The zero-order valence-electron chi connectivity index (χ0n) is 9.26. The molecule has 0 aromatic carbocycles. The Balaban J connectivity index is 2.62. The van der Waals surface area contributed by atoms with Gasteiger partial charge in [0.1, 0.15) is 0 Å². The van der Waals surface area contributed by atoms with Crippen molar-refractivity contribution < 1.29 is 10.3 Å². The van der Waals surface area contributed by atoms with Gasteiger partial charge in [-0.15, -0.1) is 0 Å². The van der Waals surface area contributed by atoms with Crippen LogP contribution in [-0.2, 0) is 0 Å². The van der Waals surface area contributed by atoms with E-state index < -0.39 is 0 Å². The molecule has 0 spiro atoms. The van der Waals surface area contributed by atoms with Crippen LogP contribution in [0.3, 0.4) is 0 Å². The number of aliphatic hydroxyl groups is 1. The van der Waals surface area contributed by atoms with Crippen molar-refractivity contribution in [3.63, 3.8) is 0 Å².